The highest BCUT2D eigenvalue weighted by molar-refractivity contribution is 7.91. The number of aromatic carboxylic acids is 1. The molecule has 0 spiro atoms. The molecule has 10 heteroatoms. The number of aromatic nitrogens is 2. The smallest absolute Gasteiger partial charge is 0.345 e. The fourth-order valence-corrected chi connectivity index (χ4v) is 3.61. The summed E-state index contributed by atoms with van der Waals surface area (Å²) in [6.07, 6.45) is 0.285. The Hall–Kier alpha value is -1.78. The third-order valence-electron chi connectivity index (χ3n) is 2.27. The highest BCUT2D eigenvalue weighted by Crippen LogP contribution is 2.21. The summed E-state index contributed by atoms with van der Waals surface area (Å²) in [5, 5.41) is 12.4. The van der Waals surface area contributed by atoms with E-state index in [9.17, 15) is 13.2 Å². The minimum atomic E-state index is -3.72. The van der Waals surface area contributed by atoms with E-state index < -0.39 is 16.0 Å². The summed E-state index contributed by atoms with van der Waals surface area (Å²) in [4.78, 5) is 14.6. The van der Waals surface area contributed by atoms with Crippen LogP contribution in [-0.2, 0) is 16.4 Å². The second kappa shape index (κ2) is 5.69. The number of carbonyl (C=O) groups is 1. The van der Waals surface area contributed by atoms with Crippen molar-refractivity contribution in [3.63, 3.8) is 0 Å². The van der Waals surface area contributed by atoms with Crippen molar-refractivity contribution in [2.75, 3.05) is 6.54 Å². The lowest BCUT2D eigenvalue weighted by atomic mass is 10.4. The fourth-order valence-electron chi connectivity index (χ4n) is 1.39. The summed E-state index contributed by atoms with van der Waals surface area (Å²) in [5.74, 6) is -0.339. The number of sulfonamides is 1. The zero-order chi connectivity index (χ0) is 14.8. The van der Waals surface area contributed by atoms with Crippen LogP contribution in [0, 0.1) is 6.92 Å². The molecule has 0 aliphatic heterocycles. The number of hydrogen-bond acceptors (Lipinski definition) is 7. The van der Waals surface area contributed by atoms with Gasteiger partial charge in [0.05, 0.1) is 0 Å². The fraction of sp³-hybridized carbons (Fsp3) is 0.300. The van der Waals surface area contributed by atoms with Crippen molar-refractivity contribution in [3.8, 4) is 0 Å². The molecule has 2 N–H and O–H groups in total. The summed E-state index contributed by atoms with van der Waals surface area (Å²) in [6, 6.07) is 2.51. The van der Waals surface area contributed by atoms with Gasteiger partial charge >= 0.3 is 5.97 Å². The lowest BCUT2D eigenvalue weighted by Crippen LogP contribution is -2.25. The van der Waals surface area contributed by atoms with E-state index in [1.54, 1.807) is 6.92 Å². The average molecular weight is 317 g/mol. The molecule has 0 aliphatic carbocycles. The molecule has 2 rings (SSSR count). The molecule has 0 aromatic carbocycles. The van der Waals surface area contributed by atoms with Gasteiger partial charge < -0.3 is 9.63 Å². The standard InChI is InChI=1S/C10H11N3O5S2/c1-6-12-8(13-18-6)4-5-11-20(16,17)9-3-2-7(19-9)10(14)15/h2-3,11H,4-5H2,1H3,(H,14,15). The number of aryl methyl sites for hydroxylation is 1. The zero-order valence-corrected chi connectivity index (χ0v) is 12.0. The van der Waals surface area contributed by atoms with Gasteiger partial charge in [-0.25, -0.2) is 17.9 Å². The largest absolute Gasteiger partial charge is 0.477 e. The molecule has 0 bridgehead atoms. The lowest BCUT2D eigenvalue weighted by molar-refractivity contribution is 0.0702. The van der Waals surface area contributed by atoms with Gasteiger partial charge in [-0.1, -0.05) is 5.16 Å². The van der Waals surface area contributed by atoms with Crippen molar-refractivity contribution in [1.82, 2.24) is 14.9 Å². The summed E-state index contributed by atoms with van der Waals surface area (Å²) in [6.45, 7) is 1.74. The van der Waals surface area contributed by atoms with Gasteiger partial charge in [-0.2, -0.15) is 4.98 Å². The molecule has 0 unspecified atom stereocenters. The molecule has 0 atom stereocenters. The van der Waals surface area contributed by atoms with E-state index in [2.05, 4.69) is 14.9 Å². The van der Waals surface area contributed by atoms with Crippen LogP contribution in [0.4, 0.5) is 0 Å². The van der Waals surface area contributed by atoms with E-state index in [0.717, 1.165) is 0 Å². The first-order valence-electron chi connectivity index (χ1n) is 5.50. The maximum absolute atomic E-state index is 11.9. The van der Waals surface area contributed by atoms with Crippen molar-refractivity contribution in [2.45, 2.75) is 17.6 Å². The Kier molecular flexibility index (Phi) is 4.16. The SMILES string of the molecule is Cc1nc(CCNS(=O)(=O)c2ccc(C(=O)O)s2)no1. The van der Waals surface area contributed by atoms with E-state index in [1.807, 2.05) is 0 Å². The zero-order valence-electron chi connectivity index (χ0n) is 10.4. The summed E-state index contributed by atoms with van der Waals surface area (Å²) in [5.41, 5.74) is 0. The number of carboxylic acids is 1. The van der Waals surface area contributed by atoms with E-state index >= 15 is 0 Å². The quantitative estimate of drug-likeness (QED) is 0.802. The van der Waals surface area contributed by atoms with Crippen molar-refractivity contribution in [2.24, 2.45) is 0 Å². The molecule has 0 saturated carbocycles. The number of thiophene rings is 1. The third-order valence-corrected chi connectivity index (χ3v) is 5.29. The minimum Gasteiger partial charge on any atom is -0.477 e. The minimum absolute atomic E-state index is 0.0285. The molecule has 108 valence electrons. The number of hydrogen-bond donors (Lipinski definition) is 2. The topological polar surface area (TPSA) is 122 Å². The predicted octanol–water partition coefficient (Wildman–Crippen LogP) is 0.659. The van der Waals surface area contributed by atoms with Gasteiger partial charge in [0, 0.05) is 19.9 Å². The monoisotopic (exact) mass is 317 g/mol. The van der Waals surface area contributed by atoms with Crippen LogP contribution in [0.5, 0.6) is 0 Å². The molecular weight excluding hydrogens is 306 g/mol. The van der Waals surface area contributed by atoms with Crippen LogP contribution < -0.4 is 4.72 Å². The van der Waals surface area contributed by atoms with Crippen molar-refractivity contribution >= 4 is 27.3 Å². The Labute approximate surface area is 118 Å². The molecule has 0 fully saturated rings. The normalized spacial score (nSPS) is 11.7. The van der Waals surface area contributed by atoms with Crippen molar-refractivity contribution in [1.29, 1.82) is 0 Å². The van der Waals surface area contributed by atoms with Gasteiger partial charge in [-0.05, 0) is 12.1 Å². The first-order valence-corrected chi connectivity index (χ1v) is 7.80. The molecule has 0 radical (unpaired) electrons. The van der Waals surface area contributed by atoms with E-state index in [0.29, 0.717) is 23.1 Å². The second-order valence-electron chi connectivity index (χ2n) is 3.80. The van der Waals surface area contributed by atoms with Gasteiger partial charge in [0.1, 0.15) is 9.09 Å². The molecule has 8 nitrogen and oxygen atoms in total. The Bertz CT molecular complexity index is 719. The maximum Gasteiger partial charge on any atom is 0.345 e. The van der Waals surface area contributed by atoms with Gasteiger partial charge in [-0.3, -0.25) is 0 Å². The van der Waals surface area contributed by atoms with E-state index in [4.69, 9.17) is 9.63 Å². The average Bonchev–Trinajstić information content (AvgIpc) is 2.98. The maximum atomic E-state index is 11.9. The number of carboxylic acid groups (broad SMARTS) is 1. The number of rotatable bonds is 6. The van der Waals surface area contributed by atoms with E-state index in [-0.39, 0.29) is 22.1 Å². The first kappa shape index (κ1) is 14.6. The van der Waals surface area contributed by atoms with Gasteiger partial charge in [0.15, 0.2) is 5.82 Å². The van der Waals surface area contributed by atoms with Crippen LogP contribution in [0.1, 0.15) is 21.4 Å². The van der Waals surface area contributed by atoms with Crippen LogP contribution in [0.25, 0.3) is 0 Å². The molecule has 0 aliphatic rings. The molecule has 0 amide bonds. The van der Waals surface area contributed by atoms with Crippen LogP contribution in [-0.4, -0.2) is 36.2 Å². The Morgan fingerprint density at radius 3 is 2.80 bits per heavy atom. The van der Waals surface area contributed by atoms with E-state index in [1.165, 1.54) is 12.1 Å². The van der Waals surface area contributed by atoms with Crippen LogP contribution >= 0.6 is 11.3 Å². The van der Waals surface area contributed by atoms with Crippen LogP contribution in [0.15, 0.2) is 20.9 Å². The molecule has 2 heterocycles. The van der Waals surface area contributed by atoms with Gasteiger partial charge in [0.25, 0.3) is 0 Å². The predicted molar refractivity (Wildman–Crippen MR) is 69.2 cm³/mol. The number of nitrogens with one attached hydrogen (secondary N) is 1. The molecular formula is C10H11N3O5S2. The highest BCUT2D eigenvalue weighted by atomic mass is 32.2. The van der Waals surface area contributed by atoms with Gasteiger partial charge in [0.2, 0.25) is 15.9 Å². The molecule has 2 aromatic rings. The molecule has 0 saturated heterocycles. The summed E-state index contributed by atoms with van der Waals surface area (Å²) >= 11 is 0.699. The second-order valence-corrected chi connectivity index (χ2v) is 6.88. The Morgan fingerprint density at radius 1 is 1.50 bits per heavy atom. The Balaban J connectivity index is 1.98. The van der Waals surface area contributed by atoms with Crippen molar-refractivity contribution in [3.05, 3.63) is 28.7 Å². The molecule has 20 heavy (non-hydrogen) atoms. The highest BCUT2D eigenvalue weighted by Gasteiger charge is 2.18. The summed E-state index contributed by atoms with van der Waals surface area (Å²) < 4.78 is 30.9. The first-order chi connectivity index (χ1) is 9.38. The van der Waals surface area contributed by atoms with Gasteiger partial charge in [-0.15, -0.1) is 11.3 Å². The molecule has 2 aromatic heterocycles. The number of nitrogens with zero attached hydrogens (tertiary/aromatic N) is 2. The van der Waals surface area contributed by atoms with Crippen LogP contribution in [0.3, 0.4) is 0 Å². The lowest BCUT2D eigenvalue weighted by Gasteiger charge is -2.02. The Morgan fingerprint density at radius 2 is 2.25 bits per heavy atom. The van der Waals surface area contributed by atoms with Crippen molar-refractivity contribution < 1.29 is 22.8 Å². The summed E-state index contributed by atoms with van der Waals surface area (Å²) in [7, 11) is -3.72. The third kappa shape index (κ3) is 3.40. The van der Waals surface area contributed by atoms with Crippen LogP contribution in [0.2, 0.25) is 0 Å².